The first-order chi connectivity index (χ1) is 58.4. The van der Waals surface area contributed by atoms with E-state index < -0.39 is 0 Å². The van der Waals surface area contributed by atoms with Gasteiger partial charge in [-0.1, -0.05) is 304 Å². The van der Waals surface area contributed by atoms with Crippen LogP contribution in [0.25, 0.3) is 203 Å². The van der Waals surface area contributed by atoms with Crippen LogP contribution in [0.4, 0.5) is 0 Å². The van der Waals surface area contributed by atoms with Crippen molar-refractivity contribution >= 4 is 146 Å². The predicted molar refractivity (Wildman–Crippen MR) is 509 cm³/mol. The van der Waals surface area contributed by atoms with Crippen molar-refractivity contribution in [1.29, 1.82) is 0 Å². The Labute approximate surface area is 698 Å². The molecule has 0 spiro atoms. The summed E-state index contributed by atoms with van der Waals surface area (Å²) in [6.07, 6.45) is 1.02. The average Bonchev–Trinajstić information content (AvgIpc) is 1.54. The minimum absolute atomic E-state index is 0.0485. The second-order valence-electron chi connectivity index (χ2n) is 33.9. The molecule has 0 bridgehead atoms. The fourth-order valence-electron chi connectivity index (χ4n) is 21.1. The first-order valence-corrected chi connectivity index (χ1v) is 42.4. The number of nitrogens with zero attached hydrogens (tertiary/aromatic N) is 3. The van der Waals surface area contributed by atoms with Gasteiger partial charge in [0, 0.05) is 64.7 Å². The molecule has 3 nitrogen and oxygen atoms in total. The lowest BCUT2D eigenvalue weighted by atomic mass is 9.81. The number of fused-ring (bicyclic) bond motifs is 30. The number of halogens is 1. The number of benzene rings is 20. The van der Waals surface area contributed by atoms with Gasteiger partial charge in [-0.05, 0) is 287 Å². The second kappa shape index (κ2) is 26.4. The largest absolute Gasteiger partial charge is 0.309 e. The molecule has 0 amide bonds. The van der Waals surface area contributed by atoms with Gasteiger partial charge in [0.25, 0.3) is 0 Å². The third kappa shape index (κ3) is 10.5. The molecule has 0 atom stereocenters. The first kappa shape index (κ1) is 69.2. The van der Waals surface area contributed by atoms with Crippen molar-refractivity contribution in [3.63, 3.8) is 0 Å². The van der Waals surface area contributed by atoms with Crippen molar-refractivity contribution in [2.24, 2.45) is 0 Å². The monoisotopic (exact) mass is 1580 g/mol. The van der Waals surface area contributed by atoms with E-state index in [1.54, 1.807) is 0 Å². The van der Waals surface area contributed by atoms with Crippen molar-refractivity contribution in [2.75, 3.05) is 0 Å². The lowest BCUT2D eigenvalue weighted by Gasteiger charge is -2.22. The summed E-state index contributed by atoms with van der Waals surface area (Å²) in [7, 11) is 0. The Morgan fingerprint density at radius 3 is 1.02 bits per heavy atom. The minimum atomic E-state index is -0.106. The summed E-state index contributed by atoms with van der Waals surface area (Å²) in [6, 6.07) is 143. The van der Waals surface area contributed by atoms with E-state index in [4.69, 9.17) is 0 Å². The maximum Gasteiger partial charge on any atom is 0.0547 e. The van der Waals surface area contributed by atoms with E-state index >= 15 is 0 Å². The maximum absolute atomic E-state index is 3.52. The number of hydrogen-bond acceptors (Lipinski definition) is 0. The smallest absolute Gasteiger partial charge is 0.0547 e. The van der Waals surface area contributed by atoms with Crippen LogP contribution in [-0.2, 0) is 17.3 Å². The summed E-state index contributed by atoms with van der Waals surface area (Å²) in [6.45, 7) is 9.51. The Bertz CT molecular complexity index is 8240. The molecular formula is C115H78BrN3. The highest BCUT2D eigenvalue weighted by Gasteiger charge is 2.39. The quantitative estimate of drug-likeness (QED) is 0.153. The Morgan fingerprint density at radius 2 is 0.513 bits per heavy atom. The molecule has 0 unspecified atom stereocenters. The van der Waals surface area contributed by atoms with Gasteiger partial charge in [-0.15, -0.1) is 0 Å². The topological polar surface area (TPSA) is 14.8 Å². The number of aromatic nitrogens is 3. The van der Waals surface area contributed by atoms with Crippen LogP contribution in [0.15, 0.2) is 393 Å². The van der Waals surface area contributed by atoms with Gasteiger partial charge in [0.1, 0.15) is 0 Å². The maximum atomic E-state index is 3.52. The lowest BCUT2D eigenvalue weighted by Crippen LogP contribution is -2.15. The van der Waals surface area contributed by atoms with Crippen LogP contribution in [0.3, 0.4) is 0 Å². The lowest BCUT2D eigenvalue weighted by molar-refractivity contribution is 0.659. The van der Waals surface area contributed by atoms with Gasteiger partial charge in [0.2, 0.25) is 0 Å². The van der Waals surface area contributed by atoms with Gasteiger partial charge >= 0.3 is 0 Å². The summed E-state index contributed by atoms with van der Waals surface area (Å²) in [5.74, 6) is 0. The van der Waals surface area contributed by atoms with E-state index in [1.807, 2.05) is 0 Å². The van der Waals surface area contributed by atoms with Crippen molar-refractivity contribution in [3.05, 3.63) is 426 Å². The van der Waals surface area contributed by atoms with Crippen molar-refractivity contribution in [3.8, 4) is 72.7 Å². The first-order valence-electron chi connectivity index (χ1n) is 41.6. The molecule has 3 aromatic heterocycles. The van der Waals surface area contributed by atoms with E-state index in [2.05, 4.69) is 446 Å². The molecule has 23 aromatic rings. The summed E-state index contributed by atoms with van der Waals surface area (Å²) in [5.41, 5.74) is 32.7. The molecule has 0 saturated heterocycles. The summed E-state index contributed by atoms with van der Waals surface area (Å²) in [5, 5.41) is 23.5. The van der Waals surface area contributed by atoms with Crippen LogP contribution >= 0.6 is 15.9 Å². The second-order valence-corrected chi connectivity index (χ2v) is 34.8. The van der Waals surface area contributed by atoms with E-state index in [1.165, 1.54) is 230 Å². The molecule has 4 heteroatoms. The van der Waals surface area contributed by atoms with Crippen LogP contribution < -0.4 is 0 Å². The number of rotatable bonds is 5. The van der Waals surface area contributed by atoms with E-state index in [0.29, 0.717) is 0 Å². The average molecular weight is 1580 g/mol. The Balaban J connectivity index is 0.000000113. The third-order valence-electron chi connectivity index (χ3n) is 26.8. The van der Waals surface area contributed by atoms with E-state index in [0.717, 1.165) is 16.6 Å². The molecule has 3 heterocycles. The van der Waals surface area contributed by atoms with Crippen LogP contribution in [0, 0.1) is 0 Å². The Kier molecular flexibility index (Phi) is 15.4. The molecule has 119 heavy (non-hydrogen) atoms. The SMILES string of the molecule is Brc1ccc(-c2ccc3c(c2)c2ccccc2n3-c2ccccc2)cc1.CC1(C)c2ccccc2-c2cc3c(cc21)Cc1cc2c4ccccc4c4ccccc4c2cc1-3.CC1(C)c2ccccc2-c2cc3c4cc5c6ccccc6c6ccccc6c5cc4n(-c4ccc(-c5ccc6c(c5)c5ccccc5n6-c5ccccc5)cc4)c3cc21. The summed E-state index contributed by atoms with van der Waals surface area (Å²) >= 11 is 3.52. The molecule has 0 fully saturated rings. The normalized spacial score (nSPS) is 13.4. The molecule has 20 aromatic carbocycles. The minimum Gasteiger partial charge on any atom is -0.309 e. The zero-order valence-corrected chi connectivity index (χ0v) is 68.0. The van der Waals surface area contributed by atoms with Gasteiger partial charge in [0.15, 0.2) is 0 Å². The predicted octanol–water partition coefficient (Wildman–Crippen LogP) is 31.6. The standard InChI is InChI=1S/C57H38N2.C34H24.C24H16BrN/c1-57(2)51-22-12-10-20-43(51)47-32-50-49-31-45-41-18-8-6-16-39(41)40-17-7-9-19-42(40)46(45)33-55(49)59(56(50)34-52(47)57)38-27-24-35(25-28-38)36-26-29-54-48(30-36)44-21-11-13-23-53(44)58(54)37-14-4-3-5-15-37;1-34(2)32-14-8-7-13-26(32)31-19-28-21(17-33(31)34)15-20-16-29-24-11-5-3-9-22(24)23-10-4-6-12-25(23)30(29)18-27(20)28;25-19-13-10-17(11-14-19)18-12-15-24-22(16-18)21-8-4-5-9-23(21)26(24)20-6-2-1-3-7-20/h3-34H,1-2H3;3-14,16-19H,15H2,1-2H3;1-16H. The van der Waals surface area contributed by atoms with Crippen LogP contribution in [0.2, 0.25) is 0 Å². The molecular weight excluding hydrogens is 1500 g/mol. The fourth-order valence-corrected chi connectivity index (χ4v) is 21.4. The molecule has 0 N–H and O–H groups in total. The van der Waals surface area contributed by atoms with Crippen LogP contribution in [0.5, 0.6) is 0 Å². The van der Waals surface area contributed by atoms with Gasteiger partial charge in [-0.2, -0.15) is 0 Å². The highest BCUT2D eigenvalue weighted by Crippen LogP contribution is 2.55. The highest BCUT2D eigenvalue weighted by molar-refractivity contribution is 9.10. The van der Waals surface area contributed by atoms with Crippen molar-refractivity contribution in [2.45, 2.75) is 44.9 Å². The van der Waals surface area contributed by atoms with Gasteiger partial charge in [0.05, 0.1) is 33.1 Å². The van der Waals surface area contributed by atoms with Gasteiger partial charge < -0.3 is 13.7 Å². The molecule has 0 aliphatic heterocycles. The molecule has 3 aliphatic rings. The molecule has 3 aliphatic carbocycles. The van der Waals surface area contributed by atoms with E-state index in [9.17, 15) is 0 Å². The zero-order chi connectivity index (χ0) is 79.1. The van der Waals surface area contributed by atoms with E-state index in [-0.39, 0.29) is 10.8 Å². The summed E-state index contributed by atoms with van der Waals surface area (Å²) in [4.78, 5) is 0. The Hall–Kier alpha value is -14.2. The van der Waals surface area contributed by atoms with Crippen LogP contribution in [-0.4, -0.2) is 13.7 Å². The number of hydrogen-bond donors (Lipinski definition) is 0. The third-order valence-corrected chi connectivity index (χ3v) is 27.3. The van der Waals surface area contributed by atoms with Gasteiger partial charge in [-0.25, -0.2) is 0 Å². The molecule has 0 radical (unpaired) electrons. The number of para-hydroxylation sites is 4. The fraction of sp³-hybridized carbons (Fsp3) is 0.0609. The zero-order valence-electron chi connectivity index (χ0n) is 66.4. The molecule has 26 rings (SSSR count). The van der Waals surface area contributed by atoms with Crippen molar-refractivity contribution < 1.29 is 0 Å². The summed E-state index contributed by atoms with van der Waals surface area (Å²) < 4.78 is 8.35. The Morgan fingerprint density at radius 1 is 0.193 bits per heavy atom. The van der Waals surface area contributed by atoms with Crippen molar-refractivity contribution in [1.82, 2.24) is 13.7 Å². The highest BCUT2D eigenvalue weighted by atomic mass is 79.9. The van der Waals surface area contributed by atoms with Gasteiger partial charge in [-0.3, -0.25) is 0 Å². The molecule has 0 saturated carbocycles. The molecule has 560 valence electrons. The van der Waals surface area contributed by atoms with Crippen LogP contribution in [0.1, 0.15) is 61.1 Å².